The summed E-state index contributed by atoms with van der Waals surface area (Å²) in [6.45, 7) is 2.38. The molecule has 0 radical (unpaired) electrons. The highest BCUT2D eigenvalue weighted by Crippen LogP contribution is 2.13. The lowest BCUT2D eigenvalue weighted by Crippen LogP contribution is -2.20. The predicted octanol–water partition coefficient (Wildman–Crippen LogP) is 2.06. The maximum absolute atomic E-state index is 11.7. The van der Waals surface area contributed by atoms with Crippen molar-refractivity contribution in [3.63, 3.8) is 0 Å². The number of methoxy groups -OCH3 is 1. The van der Waals surface area contributed by atoms with E-state index in [-0.39, 0.29) is 5.91 Å². The van der Waals surface area contributed by atoms with Gasteiger partial charge < -0.3 is 10.1 Å². The van der Waals surface area contributed by atoms with E-state index in [0.717, 1.165) is 22.6 Å². The van der Waals surface area contributed by atoms with E-state index >= 15 is 0 Å². The molecule has 0 bridgehead atoms. The normalized spacial score (nSPS) is 10.7. The first-order valence-electron chi connectivity index (χ1n) is 6.28. The highest BCUT2D eigenvalue weighted by Gasteiger charge is 2.01. The Labute approximate surface area is 117 Å². The number of carbonyl (C=O) groups is 1. The van der Waals surface area contributed by atoms with Gasteiger partial charge in [0.2, 0.25) is 5.91 Å². The lowest BCUT2D eigenvalue weighted by molar-refractivity contribution is -0.116. The van der Waals surface area contributed by atoms with Crippen LogP contribution in [-0.4, -0.2) is 23.2 Å². The molecule has 0 saturated carbocycles. The summed E-state index contributed by atoms with van der Waals surface area (Å²) in [6.07, 6.45) is 4.96. The quantitative estimate of drug-likeness (QED) is 0.818. The van der Waals surface area contributed by atoms with E-state index in [0.29, 0.717) is 6.54 Å². The molecule has 104 valence electrons. The van der Waals surface area contributed by atoms with E-state index in [2.05, 4.69) is 15.5 Å². The van der Waals surface area contributed by atoms with Crippen molar-refractivity contribution in [1.29, 1.82) is 0 Å². The molecule has 5 heteroatoms. The molecule has 0 aliphatic rings. The van der Waals surface area contributed by atoms with Crippen molar-refractivity contribution in [2.45, 2.75) is 13.5 Å². The van der Waals surface area contributed by atoms with Crippen LogP contribution in [0.4, 0.5) is 0 Å². The minimum absolute atomic E-state index is 0.145. The molecule has 2 rings (SSSR count). The van der Waals surface area contributed by atoms with Gasteiger partial charge in [-0.3, -0.25) is 9.89 Å². The number of aryl methyl sites for hydroxylation is 1. The second-order valence-electron chi connectivity index (χ2n) is 4.35. The standard InChI is InChI=1S/C15H17N3O2/c1-11-13(10-17-18-11)9-16-15(19)7-6-12-4-3-5-14(8-12)20-2/h3-8,10H,9H2,1-2H3,(H,16,19)(H,17,18)/b7-6+. The fourth-order valence-electron chi connectivity index (χ4n) is 1.71. The van der Waals surface area contributed by atoms with Crippen molar-refractivity contribution >= 4 is 12.0 Å². The van der Waals surface area contributed by atoms with Crippen molar-refractivity contribution in [3.05, 3.63) is 53.4 Å². The Balaban J connectivity index is 1.90. The fourth-order valence-corrected chi connectivity index (χ4v) is 1.71. The number of nitrogens with one attached hydrogen (secondary N) is 2. The van der Waals surface area contributed by atoms with Crippen molar-refractivity contribution < 1.29 is 9.53 Å². The molecule has 20 heavy (non-hydrogen) atoms. The second kappa shape index (κ2) is 6.56. The van der Waals surface area contributed by atoms with E-state index in [1.807, 2.05) is 31.2 Å². The van der Waals surface area contributed by atoms with Gasteiger partial charge in [-0.25, -0.2) is 0 Å². The Hall–Kier alpha value is -2.56. The maximum atomic E-state index is 11.7. The number of H-pyrrole nitrogens is 1. The van der Waals surface area contributed by atoms with Gasteiger partial charge in [-0.05, 0) is 30.7 Å². The minimum atomic E-state index is -0.145. The third-order valence-corrected chi connectivity index (χ3v) is 2.91. The molecule has 1 aromatic heterocycles. The fraction of sp³-hybridized carbons (Fsp3) is 0.200. The molecule has 0 spiro atoms. The number of amides is 1. The van der Waals surface area contributed by atoms with Gasteiger partial charge in [-0.15, -0.1) is 0 Å². The lowest BCUT2D eigenvalue weighted by atomic mass is 10.2. The van der Waals surface area contributed by atoms with Crippen molar-refractivity contribution in [2.24, 2.45) is 0 Å². The summed E-state index contributed by atoms with van der Waals surface area (Å²) in [5, 5.41) is 9.54. The number of benzene rings is 1. The van der Waals surface area contributed by atoms with E-state index < -0.39 is 0 Å². The van der Waals surface area contributed by atoms with Gasteiger partial charge in [-0.2, -0.15) is 5.10 Å². The Morgan fingerprint density at radius 1 is 1.50 bits per heavy atom. The Bertz CT molecular complexity index is 617. The number of ether oxygens (including phenoxy) is 1. The van der Waals surface area contributed by atoms with Crippen molar-refractivity contribution in [1.82, 2.24) is 15.5 Å². The highest BCUT2D eigenvalue weighted by atomic mass is 16.5. The molecule has 0 aliphatic heterocycles. The first kappa shape index (κ1) is 13.9. The average molecular weight is 271 g/mol. The van der Waals surface area contributed by atoms with Crippen LogP contribution in [-0.2, 0) is 11.3 Å². The average Bonchev–Trinajstić information content (AvgIpc) is 2.88. The van der Waals surface area contributed by atoms with Crippen LogP contribution in [0.5, 0.6) is 5.75 Å². The first-order chi connectivity index (χ1) is 9.69. The molecule has 1 amide bonds. The van der Waals surface area contributed by atoms with Crippen LogP contribution in [0, 0.1) is 6.92 Å². The summed E-state index contributed by atoms with van der Waals surface area (Å²) in [5.74, 6) is 0.620. The maximum Gasteiger partial charge on any atom is 0.244 e. The second-order valence-corrected chi connectivity index (χ2v) is 4.35. The summed E-state index contributed by atoms with van der Waals surface area (Å²) in [7, 11) is 1.61. The summed E-state index contributed by atoms with van der Waals surface area (Å²) in [6, 6.07) is 7.51. The smallest absolute Gasteiger partial charge is 0.244 e. The molecule has 1 heterocycles. The zero-order valence-electron chi connectivity index (χ0n) is 11.5. The van der Waals surface area contributed by atoms with Crippen LogP contribution in [0.2, 0.25) is 0 Å². The van der Waals surface area contributed by atoms with Gasteiger partial charge in [0.05, 0.1) is 13.3 Å². The first-order valence-corrected chi connectivity index (χ1v) is 6.28. The SMILES string of the molecule is COc1cccc(/C=C/C(=O)NCc2cn[nH]c2C)c1. The molecule has 0 unspecified atom stereocenters. The van der Waals surface area contributed by atoms with Gasteiger partial charge in [-0.1, -0.05) is 12.1 Å². The molecular formula is C15H17N3O2. The highest BCUT2D eigenvalue weighted by molar-refractivity contribution is 5.91. The molecule has 1 aromatic carbocycles. The van der Waals surface area contributed by atoms with E-state index in [1.54, 1.807) is 19.4 Å². The van der Waals surface area contributed by atoms with Crippen molar-refractivity contribution in [3.8, 4) is 5.75 Å². The van der Waals surface area contributed by atoms with Crippen molar-refractivity contribution in [2.75, 3.05) is 7.11 Å². The molecular weight excluding hydrogens is 254 g/mol. The molecule has 0 saturated heterocycles. The number of aromatic nitrogens is 2. The zero-order chi connectivity index (χ0) is 14.4. The zero-order valence-corrected chi connectivity index (χ0v) is 11.5. The molecule has 2 N–H and O–H groups in total. The molecule has 5 nitrogen and oxygen atoms in total. The minimum Gasteiger partial charge on any atom is -0.497 e. The van der Waals surface area contributed by atoms with Gasteiger partial charge in [0, 0.05) is 23.9 Å². The monoisotopic (exact) mass is 271 g/mol. The van der Waals surface area contributed by atoms with Gasteiger partial charge in [0.1, 0.15) is 5.75 Å². The molecule has 0 atom stereocenters. The summed E-state index contributed by atoms with van der Waals surface area (Å²) >= 11 is 0. The topological polar surface area (TPSA) is 67.0 Å². The number of aromatic amines is 1. The van der Waals surface area contributed by atoms with Gasteiger partial charge in [0.25, 0.3) is 0 Å². The van der Waals surface area contributed by atoms with Crippen LogP contribution in [0.25, 0.3) is 6.08 Å². The van der Waals surface area contributed by atoms with E-state index in [1.165, 1.54) is 6.08 Å². The van der Waals surface area contributed by atoms with Gasteiger partial charge in [0.15, 0.2) is 0 Å². The lowest BCUT2D eigenvalue weighted by Gasteiger charge is -2.01. The van der Waals surface area contributed by atoms with Crippen LogP contribution < -0.4 is 10.1 Å². The number of rotatable bonds is 5. The van der Waals surface area contributed by atoms with E-state index in [9.17, 15) is 4.79 Å². The molecule has 2 aromatic rings. The summed E-state index contributed by atoms with van der Waals surface area (Å²) in [4.78, 5) is 11.7. The Morgan fingerprint density at radius 2 is 2.35 bits per heavy atom. The van der Waals surface area contributed by atoms with Crippen LogP contribution in [0.1, 0.15) is 16.8 Å². The molecule has 0 fully saturated rings. The Kier molecular flexibility index (Phi) is 4.55. The van der Waals surface area contributed by atoms with Crippen LogP contribution >= 0.6 is 0 Å². The third kappa shape index (κ3) is 3.71. The predicted molar refractivity (Wildman–Crippen MR) is 77.2 cm³/mol. The third-order valence-electron chi connectivity index (χ3n) is 2.91. The number of hydrogen-bond acceptors (Lipinski definition) is 3. The van der Waals surface area contributed by atoms with Crippen LogP contribution in [0.3, 0.4) is 0 Å². The van der Waals surface area contributed by atoms with Crippen LogP contribution in [0.15, 0.2) is 36.5 Å². The number of nitrogens with zero attached hydrogens (tertiary/aromatic N) is 1. The summed E-state index contributed by atoms with van der Waals surface area (Å²) < 4.78 is 5.13. The summed E-state index contributed by atoms with van der Waals surface area (Å²) in [5.41, 5.74) is 2.86. The molecule has 0 aliphatic carbocycles. The number of carbonyl (C=O) groups excluding carboxylic acids is 1. The number of hydrogen-bond donors (Lipinski definition) is 2. The van der Waals surface area contributed by atoms with Gasteiger partial charge >= 0.3 is 0 Å². The largest absolute Gasteiger partial charge is 0.497 e. The Morgan fingerprint density at radius 3 is 3.05 bits per heavy atom. The van der Waals surface area contributed by atoms with E-state index in [4.69, 9.17) is 4.74 Å².